The highest BCUT2D eigenvalue weighted by molar-refractivity contribution is 5.65. The van der Waals surface area contributed by atoms with E-state index < -0.39 is 0 Å². The molecular formula is C17H20FNO. The lowest BCUT2D eigenvalue weighted by atomic mass is 10.0. The largest absolute Gasteiger partial charge is 0.497 e. The number of hydrogen-bond donors (Lipinski definition) is 1. The second-order valence-electron chi connectivity index (χ2n) is 5.07. The zero-order valence-electron chi connectivity index (χ0n) is 12.1. The van der Waals surface area contributed by atoms with Crippen LogP contribution in [0.1, 0.15) is 19.4 Å². The van der Waals surface area contributed by atoms with Crippen molar-refractivity contribution in [1.29, 1.82) is 0 Å². The molecule has 0 spiro atoms. The average Bonchev–Trinajstić information content (AvgIpc) is 2.46. The molecule has 2 nitrogen and oxygen atoms in total. The molecule has 0 atom stereocenters. The van der Waals surface area contributed by atoms with Gasteiger partial charge in [-0.1, -0.05) is 32.0 Å². The van der Waals surface area contributed by atoms with Gasteiger partial charge in [-0.25, -0.2) is 4.39 Å². The molecule has 3 heteroatoms. The average molecular weight is 273 g/mol. The van der Waals surface area contributed by atoms with Crippen LogP contribution in [0, 0.1) is 5.82 Å². The van der Waals surface area contributed by atoms with E-state index >= 15 is 0 Å². The minimum Gasteiger partial charge on any atom is -0.497 e. The molecule has 2 aromatic rings. The van der Waals surface area contributed by atoms with Gasteiger partial charge in [-0.3, -0.25) is 0 Å². The van der Waals surface area contributed by atoms with Gasteiger partial charge in [0.05, 0.1) is 7.11 Å². The predicted octanol–water partition coefficient (Wildman–Crippen LogP) is 4.00. The van der Waals surface area contributed by atoms with Gasteiger partial charge in [0, 0.05) is 18.2 Å². The molecule has 106 valence electrons. The predicted molar refractivity (Wildman–Crippen MR) is 80.4 cm³/mol. The van der Waals surface area contributed by atoms with Crippen LogP contribution >= 0.6 is 0 Å². The van der Waals surface area contributed by atoms with Crippen molar-refractivity contribution in [3.63, 3.8) is 0 Å². The Morgan fingerprint density at radius 3 is 2.55 bits per heavy atom. The first kappa shape index (κ1) is 14.5. The van der Waals surface area contributed by atoms with Crippen molar-refractivity contribution in [2.75, 3.05) is 7.11 Å². The SMILES string of the molecule is COc1cccc(-c2ccc(F)c(CNC(C)C)c2)c1. The van der Waals surface area contributed by atoms with Crippen LogP contribution < -0.4 is 10.1 Å². The van der Waals surface area contributed by atoms with Crippen LogP contribution in [0.2, 0.25) is 0 Å². The number of rotatable bonds is 5. The molecule has 20 heavy (non-hydrogen) atoms. The maximum Gasteiger partial charge on any atom is 0.127 e. The van der Waals surface area contributed by atoms with E-state index in [1.807, 2.05) is 44.2 Å². The first-order valence-electron chi connectivity index (χ1n) is 6.76. The Bertz CT molecular complexity index is 581. The minimum absolute atomic E-state index is 0.176. The van der Waals surface area contributed by atoms with E-state index in [1.54, 1.807) is 13.2 Å². The van der Waals surface area contributed by atoms with E-state index in [0.717, 1.165) is 16.9 Å². The number of benzene rings is 2. The molecule has 0 saturated carbocycles. The molecule has 0 amide bonds. The summed E-state index contributed by atoms with van der Waals surface area (Å²) in [6, 6.07) is 13.3. The van der Waals surface area contributed by atoms with E-state index in [0.29, 0.717) is 18.2 Å². The highest BCUT2D eigenvalue weighted by Crippen LogP contribution is 2.25. The second-order valence-corrected chi connectivity index (χ2v) is 5.07. The monoisotopic (exact) mass is 273 g/mol. The van der Waals surface area contributed by atoms with E-state index in [1.165, 1.54) is 6.07 Å². The Hall–Kier alpha value is -1.87. The fourth-order valence-corrected chi connectivity index (χ4v) is 2.01. The Labute approximate surface area is 119 Å². The number of methoxy groups -OCH3 is 1. The normalized spacial score (nSPS) is 10.8. The molecule has 0 saturated heterocycles. The Morgan fingerprint density at radius 1 is 1.10 bits per heavy atom. The maximum absolute atomic E-state index is 13.8. The van der Waals surface area contributed by atoms with Crippen LogP contribution in [0.4, 0.5) is 4.39 Å². The molecule has 1 N–H and O–H groups in total. The molecule has 0 bridgehead atoms. The van der Waals surface area contributed by atoms with Crippen molar-refractivity contribution < 1.29 is 9.13 Å². The fourth-order valence-electron chi connectivity index (χ4n) is 2.01. The number of halogens is 1. The first-order valence-corrected chi connectivity index (χ1v) is 6.76. The molecule has 2 aromatic carbocycles. The van der Waals surface area contributed by atoms with Gasteiger partial charge < -0.3 is 10.1 Å². The van der Waals surface area contributed by atoms with Crippen molar-refractivity contribution in [3.8, 4) is 16.9 Å². The number of hydrogen-bond acceptors (Lipinski definition) is 2. The van der Waals surface area contributed by atoms with Gasteiger partial charge in [0.25, 0.3) is 0 Å². The van der Waals surface area contributed by atoms with Crippen molar-refractivity contribution in [2.24, 2.45) is 0 Å². The van der Waals surface area contributed by atoms with Crippen LogP contribution in [0.3, 0.4) is 0 Å². The van der Waals surface area contributed by atoms with Crippen LogP contribution in [0.25, 0.3) is 11.1 Å². The molecule has 2 rings (SSSR count). The minimum atomic E-state index is -0.176. The topological polar surface area (TPSA) is 21.3 Å². The lowest BCUT2D eigenvalue weighted by molar-refractivity contribution is 0.415. The van der Waals surface area contributed by atoms with Crippen LogP contribution in [0.5, 0.6) is 5.75 Å². The second kappa shape index (κ2) is 6.53. The molecule has 0 aliphatic carbocycles. The third-order valence-electron chi connectivity index (χ3n) is 3.15. The molecule has 0 unspecified atom stereocenters. The molecule has 0 aliphatic rings. The molecule has 0 fully saturated rings. The number of nitrogens with one attached hydrogen (secondary N) is 1. The molecule has 0 aromatic heterocycles. The summed E-state index contributed by atoms with van der Waals surface area (Å²) in [6.07, 6.45) is 0. The van der Waals surface area contributed by atoms with Crippen molar-refractivity contribution >= 4 is 0 Å². The Kier molecular flexibility index (Phi) is 4.74. The van der Waals surface area contributed by atoms with E-state index in [2.05, 4.69) is 5.32 Å². The Balaban J connectivity index is 2.30. The zero-order valence-corrected chi connectivity index (χ0v) is 12.1. The fraction of sp³-hybridized carbons (Fsp3) is 0.294. The van der Waals surface area contributed by atoms with Gasteiger partial charge in [-0.2, -0.15) is 0 Å². The van der Waals surface area contributed by atoms with Crippen LogP contribution in [-0.4, -0.2) is 13.2 Å². The molecule has 0 aliphatic heterocycles. The molecule has 0 radical (unpaired) electrons. The third-order valence-corrected chi connectivity index (χ3v) is 3.15. The standard InChI is InChI=1S/C17H20FNO/c1-12(2)19-11-15-9-14(7-8-17(15)18)13-5-4-6-16(10-13)20-3/h4-10,12,19H,11H2,1-3H3. The lowest BCUT2D eigenvalue weighted by Crippen LogP contribution is -2.22. The van der Waals surface area contributed by atoms with Gasteiger partial charge in [-0.15, -0.1) is 0 Å². The summed E-state index contributed by atoms with van der Waals surface area (Å²) >= 11 is 0. The van der Waals surface area contributed by atoms with Gasteiger partial charge in [0.15, 0.2) is 0 Å². The molecular weight excluding hydrogens is 253 g/mol. The van der Waals surface area contributed by atoms with Crippen molar-refractivity contribution in [1.82, 2.24) is 5.32 Å². The summed E-state index contributed by atoms with van der Waals surface area (Å²) in [5.74, 6) is 0.624. The van der Waals surface area contributed by atoms with Gasteiger partial charge in [0.2, 0.25) is 0 Å². The lowest BCUT2D eigenvalue weighted by Gasteiger charge is -2.11. The summed E-state index contributed by atoms with van der Waals surface area (Å²) in [6.45, 7) is 4.62. The van der Waals surface area contributed by atoms with Crippen molar-refractivity contribution in [2.45, 2.75) is 26.4 Å². The Morgan fingerprint density at radius 2 is 1.85 bits per heavy atom. The first-order chi connectivity index (χ1) is 9.60. The summed E-state index contributed by atoms with van der Waals surface area (Å²) in [4.78, 5) is 0. The smallest absolute Gasteiger partial charge is 0.127 e. The van der Waals surface area contributed by atoms with Crippen LogP contribution in [0.15, 0.2) is 42.5 Å². The molecule has 0 heterocycles. The summed E-state index contributed by atoms with van der Waals surface area (Å²) in [5.41, 5.74) is 2.69. The zero-order chi connectivity index (χ0) is 14.5. The summed E-state index contributed by atoms with van der Waals surface area (Å²) in [7, 11) is 1.64. The van der Waals surface area contributed by atoms with E-state index in [-0.39, 0.29) is 5.82 Å². The highest BCUT2D eigenvalue weighted by atomic mass is 19.1. The summed E-state index contributed by atoms with van der Waals surface area (Å²) < 4.78 is 19.0. The summed E-state index contributed by atoms with van der Waals surface area (Å²) in [5, 5.41) is 3.24. The van der Waals surface area contributed by atoms with Crippen molar-refractivity contribution in [3.05, 3.63) is 53.8 Å². The van der Waals surface area contributed by atoms with Crippen LogP contribution in [-0.2, 0) is 6.54 Å². The third kappa shape index (κ3) is 3.58. The van der Waals surface area contributed by atoms with Gasteiger partial charge in [-0.05, 0) is 35.4 Å². The van der Waals surface area contributed by atoms with Gasteiger partial charge in [0.1, 0.15) is 11.6 Å². The highest BCUT2D eigenvalue weighted by Gasteiger charge is 2.06. The van der Waals surface area contributed by atoms with Gasteiger partial charge >= 0.3 is 0 Å². The van der Waals surface area contributed by atoms with E-state index in [4.69, 9.17) is 4.74 Å². The maximum atomic E-state index is 13.8. The quantitative estimate of drug-likeness (QED) is 0.889. The van der Waals surface area contributed by atoms with E-state index in [9.17, 15) is 4.39 Å². The number of ether oxygens (including phenoxy) is 1.